The fourth-order valence-corrected chi connectivity index (χ4v) is 1.50. The number of halogens is 4. The maximum absolute atomic E-state index is 12.1. The second kappa shape index (κ2) is 4.23. The van der Waals surface area contributed by atoms with Crippen LogP contribution in [0.15, 0.2) is 10.2 Å². The van der Waals surface area contributed by atoms with E-state index in [1.54, 1.807) is 0 Å². The van der Waals surface area contributed by atoms with Gasteiger partial charge in [-0.05, 0) is 12.8 Å². The molecule has 0 aromatic rings. The van der Waals surface area contributed by atoms with Gasteiger partial charge in [-0.15, -0.1) is 0 Å². The van der Waals surface area contributed by atoms with Gasteiger partial charge in [0.2, 0.25) is 0 Å². The van der Waals surface area contributed by atoms with Crippen molar-refractivity contribution in [1.82, 2.24) is 0 Å². The Kier molecular flexibility index (Phi) is 3.44. The minimum atomic E-state index is -4.17. The van der Waals surface area contributed by atoms with Crippen LogP contribution in [0.5, 0.6) is 0 Å². The van der Waals surface area contributed by atoms with Crippen LogP contribution >= 0.6 is 0 Å². The largest absolute Gasteiger partial charge is 0.389 e. The van der Waals surface area contributed by atoms with E-state index < -0.39 is 24.7 Å². The summed E-state index contributed by atoms with van der Waals surface area (Å²) in [6, 6.07) is 0. The number of nitrogens with zero attached hydrogens (tertiary/aromatic N) is 2. The average molecular weight is 212 g/mol. The number of rotatable bonds is 4. The lowest BCUT2D eigenvalue weighted by Gasteiger charge is -2.25. The molecular weight excluding hydrogens is 200 g/mol. The Morgan fingerprint density at radius 3 is 2.07 bits per heavy atom. The smallest absolute Gasteiger partial charge is 0.251 e. The van der Waals surface area contributed by atoms with Gasteiger partial charge in [0.05, 0.1) is 19.8 Å². The topological polar surface area (TPSA) is 24.7 Å². The summed E-state index contributed by atoms with van der Waals surface area (Å²) in [7, 11) is 0. The number of azo groups is 1. The van der Waals surface area contributed by atoms with Crippen LogP contribution in [0.4, 0.5) is 17.6 Å². The third-order valence-electron chi connectivity index (χ3n) is 2.48. The van der Waals surface area contributed by atoms with Gasteiger partial charge in [-0.1, -0.05) is 0 Å². The molecule has 1 aliphatic rings. The molecule has 0 spiro atoms. The van der Waals surface area contributed by atoms with Gasteiger partial charge in [-0.2, -0.15) is 23.4 Å². The molecule has 1 heterocycles. The Bertz CT molecular complexity index is 204. The minimum absolute atomic E-state index is 0.0760. The summed E-state index contributed by atoms with van der Waals surface area (Å²) in [5, 5.41) is 7.29. The first-order chi connectivity index (χ1) is 6.47. The molecule has 0 bridgehead atoms. The second-order valence-corrected chi connectivity index (χ2v) is 3.65. The molecule has 82 valence electrons. The zero-order valence-electron chi connectivity index (χ0n) is 7.65. The summed E-state index contributed by atoms with van der Waals surface area (Å²) >= 11 is 0. The van der Waals surface area contributed by atoms with Crippen LogP contribution in [-0.4, -0.2) is 25.9 Å². The molecule has 1 aliphatic heterocycles. The van der Waals surface area contributed by atoms with Gasteiger partial charge in [0.1, 0.15) is 0 Å². The highest BCUT2D eigenvalue weighted by Crippen LogP contribution is 2.37. The van der Waals surface area contributed by atoms with E-state index in [1.165, 1.54) is 0 Å². The second-order valence-electron chi connectivity index (χ2n) is 3.65. The lowest BCUT2D eigenvalue weighted by molar-refractivity contribution is -0.140. The van der Waals surface area contributed by atoms with E-state index >= 15 is 0 Å². The molecule has 0 radical (unpaired) electrons. The van der Waals surface area contributed by atoms with Crippen molar-refractivity contribution in [1.29, 1.82) is 0 Å². The normalized spacial score (nSPS) is 20.3. The maximum Gasteiger partial charge on any atom is 0.389 e. The predicted molar refractivity (Wildman–Crippen MR) is 42.9 cm³/mol. The van der Waals surface area contributed by atoms with E-state index in [4.69, 9.17) is 0 Å². The molecular formula is C8H12F4N2. The number of hydrogen-bond acceptors (Lipinski definition) is 2. The van der Waals surface area contributed by atoms with Crippen molar-refractivity contribution in [2.45, 2.75) is 25.4 Å². The minimum Gasteiger partial charge on any atom is -0.251 e. The van der Waals surface area contributed by atoms with Crippen LogP contribution in [0, 0.1) is 5.41 Å². The van der Waals surface area contributed by atoms with Crippen LogP contribution in [0.2, 0.25) is 0 Å². The molecule has 6 heteroatoms. The molecule has 0 atom stereocenters. The Labute approximate surface area is 79.4 Å². The summed E-state index contributed by atoms with van der Waals surface area (Å²) in [5.41, 5.74) is -0.676. The number of hydrogen-bond donors (Lipinski definition) is 0. The fraction of sp³-hybridized carbons (Fsp3) is 1.00. The standard InChI is InChI=1S/C8H12F4N2/c9-4-3-7(5-13-14-6-7)1-2-8(10,11)12/h1-6H2. The lowest BCUT2D eigenvalue weighted by atomic mass is 9.81. The molecule has 0 aliphatic carbocycles. The van der Waals surface area contributed by atoms with Gasteiger partial charge in [0, 0.05) is 11.8 Å². The third kappa shape index (κ3) is 3.23. The van der Waals surface area contributed by atoms with Gasteiger partial charge < -0.3 is 0 Å². The first-order valence-corrected chi connectivity index (χ1v) is 4.43. The van der Waals surface area contributed by atoms with Crippen LogP contribution in [0.3, 0.4) is 0 Å². The maximum atomic E-state index is 12.1. The van der Waals surface area contributed by atoms with Crippen molar-refractivity contribution in [2.24, 2.45) is 15.6 Å². The molecule has 0 N–H and O–H groups in total. The summed E-state index contributed by atoms with van der Waals surface area (Å²) in [5.74, 6) is 0. The van der Waals surface area contributed by atoms with Gasteiger partial charge in [0.25, 0.3) is 0 Å². The molecule has 14 heavy (non-hydrogen) atoms. The lowest BCUT2D eigenvalue weighted by Crippen LogP contribution is -2.27. The molecule has 0 unspecified atom stereocenters. The highest BCUT2D eigenvalue weighted by Gasteiger charge is 2.38. The van der Waals surface area contributed by atoms with Gasteiger partial charge >= 0.3 is 6.18 Å². The zero-order valence-corrected chi connectivity index (χ0v) is 7.65. The Balaban J connectivity index is 2.44. The highest BCUT2D eigenvalue weighted by atomic mass is 19.4. The predicted octanol–water partition coefficient (Wildman–Crippen LogP) is 3.14. The summed E-state index contributed by atoms with van der Waals surface area (Å²) < 4.78 is 48.0. The van der Waals surface area contributed by atoms with Gasteiger partial charge in [-0.25, -0.2) is 0 Å². The van der Waals surface area contributed by atoms with Crippen LogP contribution < -0.4 is 0 Å². The van der Waals surface area contributed by atoms with Crippen molar-refractivity contribution in [2.75, 3.05) is 19.8 Å². The average Bonchev–Trinajstić information content (AvgIpc) is 2.50. The van der Waals surface area contributed by atoms with E-state index in [1.807, 2.05) is 0 Å². The fourth-order valence-electron chi connectivity index (χ4n) is 1.50. The Morgan fingerprint density at radius 1 is 1.07 bits per heavy atom. The highest BCUT2D eigenvalue weighted by molar-refractivity contribution is 4.87. The molecule has 1 rings (SSSR count). The van der Waals surface area contributed by atoms with Crippen LogP contribution in [0.1, 0.15) is 19.3 Å². The molecule has 0 aromatic heterocycles. The van der Waals surface area contributed by atoms with E-state index in [-0.39, 0.29) is 25.9 Å². The third-order valence-corrected chi connectivity index (χ3v) is 2.48. The van der Waals surface area contributed by atoms with Crippen molar-refractivity contribution in [3.05, 3.63) is 0 Å². The van der Waals surface area contributed by atoms with Gasteiger partial charge in [-0.3, -0.25) is 4.39 Å². The summed E-state index contributed by atoms with van der Waals surface area (Å²) in [6.45, 7) is -0.150. The quantitative estimate of drug-likeness (QED) is 0.639. The monoisotopic (exact) mass is 212 g/mol. The Morgan fingerprint density at radius 2 is 1.64 bits per heavy atom. The van der Waals surface area contributed by atoms with E-state index in [0.29, 0.717) is 0 Å². The van der Waals surface area contributed by atoms with E-state index in [0.717, 1.165) is 0 Å². The first-order valence-electron chi connectivity index (χ1n) is 4.43. The Hall–Kier alpha value is -0.680. The molecule has 0 amide bonds. The molecule has 0 aromatic carbocycles. The van der Waals surface area contributed by atoms with Crippen molar-refractivity contribution in [3.63, 3.8) is 0 Å². The van der Waals surface area contributed by atoms with Gasteiger partial charge in [0.15, 0.2) is 0 Å². The zero-order chi connectivity index (χ0) is 10.7. The van der Waals surface area contributed by atoms with Crippen LogP contribution in [-0.2, 0) is 0 Å². The summed E-state index contributed by atoms with van der Waals surface area (Å²) in [6.07, 6.45) is -5.01. The summed E-state index contributed by atoms with van der Waals surface area (Å²) in [4.78, 5) is 0. The van der Waals surface area contributed by atoms with Crippen molar-refractivity contribution in [3.8, 4) is 0 Å². The molecule has 0 saturated heterocycles. The first kappa shape index (κ1) is 11.4. The van der Waals surface area contributed by atoms with Crippen LogP contribution in [0.25, 0.3) is 0 Å². The molecule has 0 saturated carbocycles. The molecule has 0 fully saturated rings. The van der Waals surface area contributed by atoms with E-state index in [9.17, 15) is 17.6 Å². The van der Waals surface area contributed by atoms with Crippen molar-refractivity contribution < 1.29 is 17.6 Å². The van der Waals surface area contributed by atoms with Crippen molar-refractivity contribution >= 4 is 0 Å². The molecule has 2 nitrogen and oxygen atoms in total. The van der Waals surface area contributed by atoms with E-state index in [2.05, 4.69) is 10.2 Å². The SMILES string of the molecule is FCCC1(CCC(F)(F)F)CN=NC1. The number of alkyl halides is 4.